The van der Waals surface area contributed by atoms with E-state index in [1.165, 1.54) is 0 Å². The summed E-state index contributed by atoms with van der Waals surface area (Å²) in [7, 11) is 0. The van der Waals surface area contributed by atoms with Crippen LogP contribution in [-0.2, 0) is 11.3 Å². The van der Waals surface area contributed by atoms with Crippen LogP contribution in [0.1, 0.15) is 26.3 Å². The Morgan fingerprint density at radius 1 is 1.37 bits per heavy atom. The maximum absolute atomic E-state index is 11.5. The standard InChI is InChI=1S/C15H24N2O2/c1-4-16-10-13-6-5-7-14(8-13)19-11-15(18)17-9-12(2)3/h5-8,12,16H,4,9-11H2,1-3H3,(H,17,18). The fourth-order valence-corrected chi connectivity index (χ4v) is 1.53. The van der Waals surface area contributed by atoms with Crippen LogP contribution in [0.5, 0.6) is 5.75 Å². The minimum Gasteiger partial charge on any atom is -0.484 e. The highest BCUT2D eigenvalue weighted by atomic mass is 16.5. The summed E-state index contributed by atoms with van der Waals surface area (Å²) in [5.74, 6) is 1.10. The van der Waals surface area contributed by atoms with E-state index in [1.54, 1.807) is 0 Å². The zero-order valence-corrected chi connectivity index (χ0v) is 12.0. The van der Waals surface area contributed by atoms with Gasteiger partial charge in [0.15, 0.2) is 6.61 Å². The van der Waals surface area contributed by atoms with Gasteiger partial charge in [0.1, 0.15) is 5.75 Å². The number of carbonyl (C=O) groups is 1. The third kappa shape index (κ3) is 6.82. The minimum absolute atomic E-state index is 0.0668. The Kier molecular flexibility index (Phi) is 6.97. The van der Waals surface area contributed by atoms with E-state index in [4.69, 9.17) is 4.74 Å². The van der Waals surface area contributed by atoms with Gasteiger partial charge in [0, 0.05) is 13.1 Å². The lowest BCUT2D eigenvalue weighted by atomic mass is 10.2. The molecule has 4 heteroatoms. The number of ether oxygens (including phenoxy) is 1. The number of hydrogen-bond acceptors (Lipinski definition) is 3. The SMILES string of the molecule is CCNCc1cccc(OCC(=O)NCC(C)C)c1. The fraction of sp³-hybridized carbons (Fsp3) is 0.533. The van der Waals surface area contributed by atoms with E-state index in [2.05, 4.69) is 31.4 Å². The molecule has 0 aliphatic carbocycles. The first-order chi connectivity index (χ1) is 9.11. The number of rotatable bonds is 8. The third-order valence-electron chi connectivity index (χ3n) is 2.55. The first-order valence-electron chi connectivity index (χ1n) is 6.81. The van der Waals surface area contributed by atoms with Gasteiger partial charge < -0.3 is 15.4 Å². The Balaban J connectivity index is 2.38. The molecule has 19 heavy (non-hydrogen) atoms. The van der Waals surface area contributed by atoms with Gasteiger partial charge in [-0.05, 0) is 30.2 Å². The van der Waals surface area contributed by atoms with Gasteiger partial charge in [-0.15, -0.1) is 0 Å². The molecule has 1 aromatic carbocycles. The molecule has 0 radical (unpaired) electrons. The van der Waals surface area contributed by atoms with Gasteiger partial charge in [0.2, 0.25) is 0 Å². The Morgan fingerprint density at radius 2 is 2.16 bits per heavy atom. The second-order valence-electron chi connectivity index (χ2n) is 4.91. The summed E-state index contributed by atoms with van der Waals surface area (Å²) in [6.45, 7) is 8.69. The summed E-state index contributed by atoms with van der Waals surface area (Å²) in [5.41, 5.74) is 1.15. The quantitative estimate of drug-likeness (QED) is 0.754. The van der Waals surface area contributed by atoms with Crippen LogP contribution in [0.15, 0.2) is 24.3 Å². The molecule has 1 aromatic rings. The van der Waals surface area contributed by atoms with E-state index < -0.39 is 0 Å². The van der Waals surface area contributed by atoms with Crippen LogP contribution in [0.3, 0.4) is 0 Å². The summed E-state index contributed by atoms with van der Waals surface area (Å²) in [5, 5.41) is 6.08. The molecule has 2 N–H and O–H groups in total. The molecule has 0 atom stereocenters. The summed E-state index contributed by atoms with van der Waals surface area (Å²) >= 11 is 0. The first kappa shape index (κ1) is 15.5. The summed E-state index contributed by atoms with van der Waals surface area (Å²) in [4.78, 5) is 11.5. The average molecular weight is 264 g/mol. The van der Waals surface area contributed by atoms with E-state index in [9.17, 15) is 4.79 Å². The summed E-state index contributed by atoms with van der Waals surface area (Å²) in [6, 6.07) is 7.80. The van der Waals surface area contributed by atoms with Crippen molar-refractivity contribution in [3.63, 3.8) is 0 Å². The van der Waals surface area contributed by atoms with Crippen molar-refractivity contribution in [2.75, 3.05) is 19.7 Å². The Bertz CT molecular complexity index is 391. The highest BCUT2D eigenvalue weighted by Crippen LogP contribution is 2.13. The zero-order valence-electron chi connectivity index (χ0n) is 12.0. The first-order valence-corrected chi connectivity index (χ1v) is 6.81. The van der Waals surface area contributed by atoms with Gasteiger partial charge >= 0.3 is 0 Å². The van der Waals surface area contributed by atoms with Crippen LogP contribution in [0.25, 0.3) is 0 Å². The van der Waals surface area contributed by atoms with Crippen LogP contribution >= 0.6 is 0 Å². The molecule has 106 valence electrons. The molecule has 1 rings (SSSR count). The van der Waals surface area contributed by atoms with E-state index in [0.29, 0.717) is 12.5 Å². The van der Waals surface area contributed by atoms with Crippen LogP contribution in [0.4, 0.5) is 0 Å². The normalized spacial score (nSPS) is 10.5. The molecule has 0 saturated carbocycles. The van der Waals surface area contributed by atoms with Gasteiger partial charge in [0.25, 0.3) is 5.91 Å². The van der Waals surface area contributed by atoms with Crippen LogP contribution in [0, 0.1) is 5.92 Å². The van der Waals surface area contributed by atoms with Crippen molar-refractivity contribution in [2.45, 2.75) is 27.3 Å². The molecule has 4 nitrogen and oxygen atoms in total. The second-order valence-corrected chi connectivity index (χ2v) is 4.91. The van der Waals surface area contributed by atoms with Gasteiger partial charge in [0.05, 0.1) is 0 Å². The van der Waals surface area contributed by atoms with Crippen molar-refractivity contribution in [3.05, 3.63) is 29.8 Å². The largest absolute Gasteiger partial charge is 0.484 e. The molecule has 0 bridgehead atoms. The van der Waals surface area contributed by atoms with Crippen LogP contribution in [-0.4, -0.2) is 25.6 Å². The van der Waals surface area contributed by atoms with E-state index in [0.717, 1.165) is 24.4 Å². The second kappa shape index (κ2) is 8.53. The molecule has 0 unspecified atom stereocenters. The van der Waals surface area contributed by atoms with Gasteiger partial charge in [-0.3, -0.25) is 4.79 Å². The number of benzene rings is 1. The molecule has 0 spiro atoms. The average Bonchev–Trinajstić information content (AvgIpc) is 2.41. The monoisotopic (exact) mass is 264 g/mol. The number of hydrogen-bond donors (Lipinski definition) is 2. The van der Waals surface area contributed by atoms with Gasteiger partial charge in [-0.1, -0.05) is 32.9 Å². The molecule has 0 fully saturated rings. The maximum Gasteiger partial charge on any atom is 0.257 e. The Hall–Kier alpha value is -1.55. The molecule has 0 aliphatic rings. The lowest BCUT2D eigenvalue weighted by Crippen LogP contribution is -2.31. The summed E-state index contributed by atoms with van der Waals surface area (Å²) in [6.07, 6.45) is 0. The minimum atomic E-state index is -0.0780. The van der Waals surface area contributed by atoms with E-state index >= 15 is 0 Å². The summed E-state index contributed by atoms with van der Waals surface area (Å²) < 4.78 is 5.48. The number of amides is 1. The third-order valence-corrected chi connectivity index (χ3v) is 2.55. The predicted molar refractivity (Wildman–Crippen MR) is 77.2 cm³/mol. The molecular weight excluding hydrogens is 240 g/mol. The molecular formula is C15H24N2O2. The molecule has 0 heterocycles. The van der Waals surface area contributed by atoms with E-state index in [1.807, 2.05) is 24.3 Å². The number of carbonyl (C=O) groups excluding carboxylic acids is 1. The van der Waals surface area contributed by atoms with E-state index in [-0.39, 0.29) is 12.5 Å². The van der Waals surface area contributed by atoms with Crippen LogP contribution in [0.2, 0.25) is 0 Å². The lowest BCUT2D eigenvalue weighted by molar-refractivity contribution is -0.123. The van der Waals surface area contributed by atoms with Gasteiger partial charge in [-0.2, -0.15) is 0 Å². The molecule has 0 aliphatic heterocycles. The topological polar surface area (TPSA) is 50.4 Å². The molecule has 0 aromatic heterocycles. The fourth-order valence-electron chi connectivity index (χ4n) is 1.53. The van der Waals surface area contributed by atoms with Crippen molar-refractivity contribution in [3.8, 4) is 5.75 Å². The van der Waals surface area contributed by atoms with Crippen molar-refractivity contribution >= 4 is 5.91 Å². The van der Waals surface area contributed by atoms with Gasteiger partial charge in [-0.25, -0.2) is 0 Å². The smallest absolute Gasteiger partial charge is 0.257 e. The van der Waals surface area contributed by atoms with Crippen LogP contribution < -0.4 is 15.4 Å². The Morgan fingerprint density at radius 3 is 2.84 bits per heavy atom. The number of nitrogens with one attached hydrogen (secondary N) is 2. The highest BCUT2D eigenvalue weighted by Gasteiger charge is 2.04. The predicted octanol–water partition coefficient (Wildman–Crippen LogP) is 1.95. The van der Waals surface area contributed by atoms with Crippen molar-refractivity contribution < 1.29 is 9.53 Å². The molecule has 0 saturated heterocycles. The van der Waals surface area contributed by atoms with Crippen molar-refractivity contribution in [1.82, 2.24) is 10.6 Å². The Labute approximate surface area is 115 Å². The van der Waals surface area contributed by atoms with Crippen molar-refractivity contribution in [2.24, 2.45) is 5.92 Å². The maximum atomic E-state index is 11.5. The zero-order chi connectivity index (χ0) is 14.1. The lowest BCUT2D eigenvalue weighted by Gasteiger charge is -2.10. The molecule has 1 amide bonds. The van der Waals surface area contributed by atoms with Crippen molar-refractivity contribution in [1.29, 1.82) is 0 Å². The highest BCUT2D eigenvalue weighted by molar-refractivity contribution is 5.77.